The van der Waals surface area contributed by atoms with Gasteiger partial charge in [0.25, 0.3) is 5.91 Å². The molecule has 0 radical (unpaired) electrons. The van der Waals surface area contributed by atoms with E-state index in [-0.39, 0.29) is 5.91 Å². The van der Waals surface area contributed by atoms with Gasteiger partial charge in [0.1, 0.15) is 5.75 Å². The molecule has 1 N–H and O–H groups in total. The van der Waals surface area contributed by atoms with Gasteiger partial charge >= 0.3 is 5.97 Å². The van der Waals surface area contributed by atoms with Gasteiger partial charge in [-0.1, -0.05) is 25.1 Å². The van der Waals surface area contributed by atoms with Gasteiger partial charge in [-0.25, -0.2) is 4.79 Å². The van der Waals surface area contributed by atoms with E-state index in [1.165, 1.54) is 0 Å². The fraction of sp³-hybridized carbons (Fsp3) is 0.300. The fourth-order valence-electron chi connectivity index (χ4n) is 2.34. The van der Waals surface area contributed by atoms with E-state index < -0.39 is 12.1 Å². The molecule has 0 saturated heterocycles. The number of carbonyl (C=O) groups is 2. The van der Waals surface area contributed by atoms with E-state index in [2.05, 4.69) is 5.32 Å². The number of carbonyl (C=O) groups excluding carboxylic acids is 2. The topological polar surface area (TPSA) is 64.6 Å². The first-order valence-corrected chi connectivity index (χ1v) is 8.34. The molecule has 1 amide bonds. The number of hydrogen-bond acceptors (Lipinski definition) is 4. The van der Waals surface area contributed by atoms with E-state index in [0.29, 0.717) is 30.0 Å². The van der Waals surface area contributed by atoms with Crippen LogP contribution in [0.2, 0.25) is 0 Å². The van der Waals surface area contributed by atoms with Crippen molar-refractivity contribution in [3.63, 3.8) is 0 Å². The zero-order valence-corrected chi connectivity index (χ0v) is 14.7. The molecule has 2 aromatic rings. The molecule has 132 valence electrons. The third kappa shape index (κ3) is 5.35. The molecular weight excluding hydrogens is 318 g/mol. The van der Waals surface area contributed by atoms with Crippen molar-refractivity contribution in [2.45, 2.75) is 33.3 Å². The van der Waals surface area contributed by atoms with Gasteiger partial charge < -0.3 is 14.8 Å². The molecule has 0 aliphatic carbocycles. The van der Waals surface area contributed by atoms with Crippen molar-refractivity contribution in [3.8, 4) is 5.75 Å². The van der Waals surface area contributed by atoms with Gasteiger partial charge in [0.15, 0.2) is 6.10 Å². The summed E-state index contributed by atoms with van der Waals surface area (Å²) >= 11 is 0. The molecule has 0 aromatic heterocycles. The van der Waals surface area contributed by atoms with Crippen LogP contribution < -0.4 is 10.1 Å². The Hall–Kier alpha value is -2.82. The van der Waals surface area contributed by atoms with Gasteiger partial charge in [-0.15, -0.1) is 0 Å². The van der Waals surface area contributed by atoms with Gasteiger partial charge in [0.05, 0.1) is 12.2 Å². The summed E-state index contributed by atoms with van der Waals surface area (Å²) in [5.41, 5.74) is 1.99. The molecule has 2 aromatic carbocycles. The average Bonchev–Trinajstić information content (AvgIpc) is 2.60. The van der Waals surface area contributed by atoms with Gasteiger partial charge in [-0.2, -0.15) is 0 Å². The third-order valence-electron chi connectivity index (χ3n) is 3.57. The van der Waals surface area contributed by atoms with E-state index in [4.69, 9.17) is 9.47 Å². The van der Waals surface area contributed by atoms with Gasteiger partial charge in [0.2, 0.25) is 0 Å². The highest BCUT2D eigenvalue weighted by Crippen LogP contribution is 2.17. The SMILES string of the molecule is CCOC(=O)c1cccc(NC(=O)C(CC)Oc2cccc(C)c2)c1. The number of ether oxygens (including phenoxy) is 2. The number of rotatable bonds is 7. The summed E-state index contributed by atoms with van der Waals surface area (Å²) in [7, 11) is 0. The lowest BCUT2D eigenvalue weighted by molar-refractivity contribution is -0.122. The van der Waals surface area contributed by atoms with Crippen molar-refractivity contribution in [2.75, 3.05) is 11.9 Å². The summed E-state index contributed by atoms with van der Waals surface area (Å²) in [6.07, 6.45) is -0.0924. The minimum absolute atomic E-state index is 0.259. The van der Waals surface area contributed by atoms with E-state index in [1.54, 1.807) is 31.2 Å². The molecule has 5 heteroatoms. The Bertz CT molecular complexity index is 742. The van der Waals surface area contributed by atoms with E-state index >= 15 is 0 Å². The van der Waals surface area contributed by atoms with E-state index in [0.717, 1.165) is 5.56 Å². The Morgan fingerprint density at radius 3 is 2.52 bits per heavy atom. The number of hydrogen-bond donors (Lipinski definition) is 1. The molecule has 0 aliphatic rings. The summed E-state index contributed by atoms with van der Waals surface area (Å²) in [4.78, 5) is 24.3. The molecule has 25 heavy (non-hydrogen) atoms. The number of aryl methyl sites for hydroxylation is 1. The van der Waals surface area contributed by atoms with E-state index in [1.807, 2.05) is 38.1 Å². The number of nitrogens with one attached hydrogen (secondary N) is 1. The molecule has 0 saturated carbocycles. The summed E-state index contributed by atoms with van der Waals surface area (Å²) in [6.45, 7) is 5.90. The highest BCUT2D eigenvalue weighted by Gasteiger charge is 2.19. The van der Waals surface area contributed by atoms with Crippen LogP contribution in [0.4, 0.5) is 5.69 Å². The lowest BCUT2D eigenvalue weighted by Gasteiger charge is -2.18. The van der Waals surface area contributed by atoms with Crippen LogP contribution in [0, 0.1) is 6.92 Å². The Balaban J connectivity index is 2.06. The van der Waals surface area contributed by atoms with E-state index in [9.17, 15) is 9.59 Å². The number of esters is 1. The van der Waals surface area contributed by atoms with Crippen molar-refractivity contribution >= 4 is 17.6 Å². The Labute approximate surface area is 148 Å². The molecular formula is C20H23NO4. The minimum Gasteiger partial charge on any atom is -0.481 e. The first kappa shape index (κ1) is 18.5. The standard InChI is InChI=1S/C20H23NO4/c1-4-18(25-17-11-6-8-14(3)12-17)19(22)21-16-10-7-9-15(13-16)20(23)24-5-2/h6-13,18H,4-5H2,1-3H3,(H,21,22). The molecule has 0 heterocycles. The minimum atomic E-state index is -0.618. The molecule has 0 aliphatic heterocycles. The monoisotopic (exact) mass is 341 g/mol. The first-order chi connectivity index (χ1) is 12.0. The van der Waals surface area contributed by atoms with Crippen LogP contribution in [0.5, 0.6) is 5.75 Å². The predicted molar refractivity (Wildman–Crippen MR) is 96.9 cm³/mol. The zero-order chi connectivity index (χ0) is 18.2. The Kier molecular flexibility index (Phi) is 6.57. The van der Waals surface area contributed by atoms with Gasteiger partial charge in [0, 0.05) is 5.69 Å². The van der Waals surface area contributed by atoms with Gasteiger partial charge in [-0.3, -0.25) is 4.79 Å². The van der Waals surface area contributed by atoms with Crippen LogP contribution in [-0.4, -0.2) is 24.6 Å². The predicted octanol–water partition coefficient (Wildman–Crippen LogP) is 3.97. The maximum Gasteiger partial charge on any atom is 0.338 e. The zero-order valence-electron chi connectivity index (χ0n) is 14.7. The fourth-order valence-corrected chi connectivity index (χ4v) is 2.34. The van der Waals surface area contributed by atoms with Gasteiger partial charge in [-0.05, 0) is 56.2 Å². The highest BCUT2D eigenvalue weighted by molar-refractivity contribution is 5.96. The molecule has 0 bridgehead atoms. The average molecular weight is 341 g/mol. The molecule has 5 nitrogen and oxygen atoms in total. The summed E-state index contributed by atoms with van der Waals surface area (Å²) in [6, 6.07) is 14.2. The van der Waals surface area contributed by atoms with Crippen molar-refractivity contribution < 1.29 is 19.1 Å². The molecule has 0 spiro atoms. The van der Waals surface area contributed by atoms with Crippen LogP contribution in [0.1, 0.15) is 36.2 Å². The molecule has 1 unspecified atom stereocenters. The van der Waals surface area contributed by atoms with Crippen LogP contribution in [0.3, 0.4) is 0 Å². The highest BCUT2D eigenvalue weighted by atomic mass is 16.5. The maximum atomic E-state index is 12.5. The largest absolute Gasteiger partial charge is 0.481 e. The first-order valence-electron chi connectivity index (χ1n) is 8.34. The number of benzene rings is 2. The second-order valence-electron chi connectivity index (χ2n) is 5.62. The second-order valence-corrected chi connectivity index (χ2v) is 5.62. The van der Waals surface area contributed by atoms with Crippen molar-refractivity contribution in [2.24, 2.45) is 0 Å². The lowest BCUT2D eigenvalue weighted by Crippen LogP contribution is -2.32. The summed E-state index contributed by atoms with van der Waals surface area (Å²) < 4.78 is 10.8. The van der Waals surface area contributed by atoms with Crippen molar-refractivity contribution in [3.05, 3.63) is 59.7 Å². The van der Waals surface area contributed by atoms with Crippen molar-refractivity contribution in [1.82, 2.24) is 0 Å². The van der Waals surface area contributed by atoms with Crippen LogP contribution in [0.25, 0.3) is 0 Å². The Morgan fingerprint density at radius 2 is 1.84 bits per heavy atom. The lowest BCUT2D eigenvalue weighted by atomic mass is 10.2. The number of amides is 1. The van der Waals surface area contributed by atoms with Crippen LogP contribution in [-0.2, 0) is 9.53 Å². The van der Waals surface area contributed by atoms with Crippen LogP contribution in [0.15, 0.2) is 48.5 Å². The molecule has 1 atom stereocenters. The maximum absolute atomic E-state index is 12.5. The number of anilines is 1. The summed E-state index contributed by atoms with van der Waals surface area (Å²) in [5.74, 6) is -0.0195. The quantitative estimate of drug-likeness (QED) is 0.774. The summed E-state index contributed by atoms with van der Waals surface area (Å²) in [5, 5.41) is 2.79. The normalized spacial score (nSPS) is 11.5. The van der Waals surface area contributed by atoms with Crippen LogP contribution >= 0.6 is 0 Å². The Morgan fingerprint density at radius 1 is 1.08 bits per heavy atom. The molecule has 0 fully saturated rings. The third-order valence-corrected chi connectivity index (χ3v) is 3.57. The second kappa shape index (κ2) is 8.87. The smallest absolute Gasteiger partial charge is 0.338 e. The molecule has 2 rings (SSSR count). The van der Waals surface area contributed by atoms with Crippen molar-refractivity contribution in [1.29, 1.82) is 0 Å².